The lowest BCUT2D eigenvalue weighted by atomic mass is 10.1. The number of benzene rings is 2. The number of nitrogens with zero attached hydrogens (tertiary/aromatic N) is 2. The van der Waals surface area contributed by atoms with Gasteiger partial charge in [-0.1, -0.05) is 54.6 Å². The molecule has 1 atom stereocenters. The van der Waals surface area contributed by atoms with Crippen LogP contribution >= 0.6 is 11.3 Å². The van der Waals surface area contributed by atoms with Gasteiger partial charge in [-0.25, -0.2) is 8.42 Å². The fourth-order valence-corrected chi connectivity index (χ4v) is 6.20. The molecule has 1 fully saturated rings. The van der Waals surface area contributed by atoms with Crippen LogP contribution in [-0.4, -0.2) is 55.6 Å². The molecular weight excluding hydrogens is 470 g/mol. The highest BCUT2D eigenvalue weighted by molar-refractivity contribution is 7.89. The second kappa shape index (κ2) is 10.9. The molecule has 0 aliphatic carbocycles. The number of hydrogen-bond donors (Lipinski definition) is 1. The fourth-order valence-electron chi connectivity index (χ4n) is 3.95. The zero-order valence-electron chi connectivity index (χ0n) is 18.7. The molecule has 4 rings (SSSR count). The molecule has 0 bridgehead atoms. The molecule has 2 heterocycles. The molecule has 7 nitrogen and oxygen atoms in total. The van der Waals surface area contributed by atoms with E-state index < -0.39 is 10.0 Å². The number of carbonyl (C=O) groups excluding carboxylic acids is 2. The Bertz CT molecular complexity index is 1190. The van der Waals surface area contributed by atoms with Gasteiger partial charge in [0.25, 0.3) is 0 Å². The smallest absolute Gasteiger partial charge is 0.243 e. The van der Waals surface area contributed by atoms with Crippen molar-refractivity contribution < 1.29 is 18.0 Å². The van der Waals surface area contributed by atoms with Crippen LogP contribution in [-0.2, 0) is 19.6 Å². The van der Waals surface area contributed by atoms with E-state index in [0.29, 0.717) is 13.1 Å². The summed E-state index contributed by atoms with van der Waals surface area (Å²) in [6.45, 7) is 1.11. The average Bonchev–Trinajstić information content (AvgIpc) is 3.42. The van der Waals surface area contributed by atoms with E-state index >= 15 is 0 Å². The minimum absolute atomic E-state index is 0.0794. The van der Waals surface area contributed by atoms with E-state index in [-0.39, 0.29) is 48.7 Å². The number of hydrogen-bond acceptors (Lipinski definition) is 5. The first kappa shape index (κ1) is 24.1. The normalized spacial score (nSPS) is 15.6. The monoisotopic (exact) mass is 497 g/mol. The Balaban J connectivity index is 1.29. The summed E-state index contributed by atoms with van der Waals surface area (Å²) < 4.78 is 26.9. The minimum atomic E-state index is -3.57. The number of carbonyl (C=O) groups is 2. The van der Waals surface area contributed by atoms with Crippen LogP contribution in [0.15, 0.2) is 83.1 Å². The Morgan fingerprint density at radius 2 is 1.50 bits per heavy atom. The van der Waals surface area contributed by atoms with Gasteiger partial charge >= 0.3 is 0 Å². The van der Waals surface area contributed by atoms with Crippen molar-refractivity contribution in [1.29, 1.82) is 0 Å². The number of thiophene rings is 1. The van der Waals surface area contributed by atoms with Gasteiger partial charge in [0.05, 0.1) is 10.9 Å². The standard InChI is InChI=1S/C25H27N3O4S2/c29-23(26-25(22-12-7-19-33-22)20-8-3-1-4-9-20)13-14-24(30)27-15-17-28(18-16-27)34(31,32)21-10-5-2-6-11-21/h1-12,19,25H,13-18H2,(H,26,29). The predicted molar refractivity (Wildman–Crippen MR) is 132 cm³/mol. The Labute approximate surface area is 204 Å². The molecule has 1 N–H and O–H groups in total. The molecule has 9 heteroatoms. The summed E-state index contributed by atoms with van der Waals surface area (Å²) in [5.41, 5.74) is 0.986. The third kappa shape index (κ3) is 5.72. The summed E-state index contributed by atoms with van der Waals surface area (Å²) in [5, 5.41) is 5.02. The van der Waals surface area contributed by atoms with Crippen molar-refractivity contribution in [2.24, 2.45) is 0 Å². The molecule has 2 aromatic carbocycles. The molecule has 3 aromatic rings. The topological polar surface area (TPSA) is 86.8 Å². The number of nitrogens with one attached hydrogen (secondary N) is 1. The Morgan fingerprint density at radius 1 is 0.853 bits per heavy atom. The lowest BCUT2D eigenvalue weighted by Crippen LogP contribution is -2.50. The second-order valence-electron chi connectivity index (χ2n) is 8.02. The lowest BCUT2D eigenvalue weighted by molar-refractivity contribution is -0.134. The van der Waals surface area contributed by atoms with Crippen molar-refractivity contribution >= 4 is 33.2 Å². The number of piperazine rings is 1. The molecule has 1 aliphatic heterocycles. The van der Waals surface area contributed by atoms with Gasteiger partial charge in [0.1, 0.15) is 0 Å². The maximum absolute atomic E-state index is 12.8. The van der Waals surface area contributed by atoms with Crippen molar-refractivity contribution in [1.82, 2.24) is 14.5 Å². The summed E-state index contributed by atoms with van der Waals surface area (Å²) in [6, 6.07) is 21.7. The molecule has 0 spiro atoms. The molecule has 1 aliphatic rings. The van der Waals surface area contributed by atoms with E-state index in [1.165, 1.54) is 4.31 Å². The molecule has 2 amide bonds. The van der Waals surface area contributed by atoms with E-state index in [9.17, 15) is 18.0 Å². The molecule has 0 radical (unpaired) electrons. The quantitative estimate of drug-likeness (QED) is 0.518. The number of sulfonamides is 1. The summed E-state index contributed by atoms with van der Waals surface area (Å²) in [6.07, 6.45) is 0.166. The van der Waals surface area contributed by atoms with Crippen molar-refractivity contribution in [3.8, 4) is 0 Å². The van der Waals surface area contributed by atoms with E-state index in [1.807, 2.05) is 47.8 Å². The van der Waals surface area contributed by atoms with Crippen LogP contribution in [0, 0.1) is 0 Å². The van der Waals surface area contributed by atoms with Crippen molar-refractivity contribution in [3.63, 3.8) is 0 Å². The van der Waals surface area contributed by atoms with Crippen molar-refractivity contribution in [2.75, 3.05) is 26.2 Å². The van der Waals surface area contributed by atoms with Crippen molar-refractivity contribution in [3.05, 3.63) is 88.6 Å². The summed E-state index contributed by atoms with van der Waals surface area (Å²) in [7, 11) is -3.57. The third-order valence-corrected chi connectivity index (χ3v) is 8.65. The zero-order valence-corrected chi connectivity index (χ0v) is 20.3. The average molecular weight is 498 g/mol. The zero-order chi connectivity index (χ0) is 24.0. The predicted octanol–water partition coefficient (Wildman–Crippen LogP) is 3.27. The molecule has 0 saturated carbocycles. The number of rotatable bonds is 8. The van der Waals surface area contributed by atoms with Crippen LogP contribution in [0.1, 0.15) is 29.3 Å². The van der Waals surface area contributed by atoms with Crippen molar-refractivity contribution in [2.45, 2.75) is 23.8 Å². The molecule has 178 valence electrons. The molecule has 1 saturated heterocycles. The maximum Gasteiger partial charge on any atom is 0.243 e. The van der Waals surface area contributed by atoms with Crippen LogP contribution in [0.25, 0.3) is 0 Å². The molecule has 1 aromatic heterocycles. The summed E-state index contributed by atoms with van der Waals surface area (Å²) in [5.74, 6) is -0.333. The van der Waals surface area contributed by atoms with Gasteiger partial charge in [-0.05, 0) is 29.1 Å². The van der Waals surface area contributed by atoms with Gasteiger partial charge in [-0.3, -0.25) is 9.59 Å². The van der Waals surface area contributed by atoms with Crippen LogP contribution in [0.2, 0.25) is 0 Å². The van der Waals surface area contributed by atoms with Gasteiger partial charge in [0, 0.05) is 43.9 Å². The first-order valence-corrected chi connectivity index (χ1v) is 13.5. The molecule has 34 heavy (non-hydrogen) atoms. The maximum atomic E-state index is 12.8. The highest BCUT2D eigenvalue weighted by atomic mass is 32.2. The van der Waals surface area contributed by atoms with E-state index in [4.69, 9.17) is 0 Å². The first-order chi connectivity index (χ1) is 16.4. The second-order valence-corrected chi connectivity index (χ2v) is 10.9. The van der Waals surface area contributed by atoms with Crippen LogP contribution in [0.5, 0.6) is 0 Å². The van der Waals surface area contributed by atoms with Gasteiger partial charge in [0.2, 0.25) is 21.8 Å². The lowest BCUT2D eigenvalue weighted by Gasteiger charge is -2.34. The third-order valence-electron chi connectivity index (χ3n) is 5.80. The first-order valence-electron chi connectivity index (χ1n) is 11.2. The van der Waals surface area contributed by atoms with Crippen LogP contribution in [0.3, 0.4) is 0 Å². The van der Waals surface area contributed by atoms with Crippen LogP contribution < -0.4 is 5.32 Å². The Hall–Kier alpha value is -3.01. The fraction of sp³-hybridized carbons (Fsp3) is 0.280. The van der Waals surface area contributed by atoms with Gasteiger partial charge in [0.15, 0.2) is 0 Å². The highest BCUT2D eigenvalue weighted by Gasteiger charge is 2.30. The van der Waals surface area contributed by atoms with Gasteiger partial charge in [-0.15, -0.1) is 11.3 Å². The summed E-state index contributed by atoms with van der Waals surface area (Å²) >= 11 is 1.57. The minimum Gasteiger partial charge on any atom is -0.344 e. The Kier molecular flexibility index (Phi) is 7.77. The van der Waals surface area contributed by atoms with Gasteiger partial charge in [-0.2, -0.15) is 4.31 Å². The summed E-state index contributed by atoms with van der Waals surface area (Å²) in [4.78, 5) is 28.3. The molecular formula is C25H27N3O4S2. The van der Waals surface area contributed by atoms with E-state index in [2.05, 4.69) is 5.32 Å². The van der Waals surface area contributed by atoms with Crippen LogP contribution in [0.4, 0.5) is 0 Å². The highest BCUT2D eigenvalue weighted by Crippen LogP contribution is 2.26. The molecule has 1 unspecified atom stereocenters. The largest absolute Gasteiger partial charge is 0.344 e. The van der Waals surface area contributed by atoms with E-state index in [1.54, 1.807) is 46.6 Å². The SMILES string of the molecule is O=C(CCC(=O)N1CCN(S(=O)(=O)c2ccccc2)CC1)NC(c1ccccc1)c1cccs1. The Morgan fingerprint density at radius 3 is 2.12 bits per heavy atom. The number of amides is 2. The van der Waals surface area contributed by atoms with E-state index in [0.717, 1.165) is 10.4 Å². The van der Waals surface area contributed by atoms with Gasteiger partial charge < -0.3 is 10.2 Å².